The fourth-order valence-electron chi connectivity index (χ4n) is 2.95. The Morgan fingerprint density at radius 2 is 2.07 bits per heavy atom. The minimum atomic E-state index is -0.804. The predicted molar refractivity (Wildman–Crippen MR) is 96.9 cm³/mol. The van der Waals surface area contributed by atoms with Crippen molar-refractivity contribution in [3.8, 4) is 11.5 Å². The van der Waals surface area contributed by atoms with Crippen LogP contribution in [-0.4, -0.2) is 36.7 Å². The Morgan fingerprint density at radius 3 is 2.68 bits per heavy atom. The molecule has 1 aromatic carbocycles. The number of methoxy groups -OCH3 is 1. The van der Waals surface area contributed by atoms with E-state index in [0.29, 0.717) is 17.1 Å². The molecule has 1 aliphatic heterocycles. The standard InChI is InChI=1S/C19H20N2O7/c1-10-7-15(22)17(24)18(28-10)13(11-3-5-12(26-2)6-4-11)8-16(23)20-14-9-27-21-19(14)25/h3-7,13-14,24H,8-9H2,1-2H3,(H,20,23)(H,21,25). The highest BCUT2D eigenvalue weighted by atomic mass is 16.7. The number of hydrogen-bond acceptors (Lipinski definition) is 7. The number of aryl methyl sites for hydroxylation is 1. The largest absolute Gasteiger partial charge is 0.502 e. The Labute approximate surface area is 160 Å². The summed E-state index contributed by atoms with van der Waals surface area (Å²) >= 11 is 0. The van der Waals surface area contributed by atoms with Gasteiger partial charge in [-0.25, -0.2) is 5.48 Å². The highest BCUT2D eigenvalue weighted by molar-refractivity contribution is 5.88. The maximum atomic E-state index is 12.5. The first-order valence-corrected chi connectivity index (χ1v) is 8.57. The molecule has 9 nitrogen and oxygen atoms in total. The van der Waals surface area contributed by atoms with Gasteiger partial charge in [-0.2, -0.15) is 0 Å². The summed E-state index contributed by atoms with van der Waals surface area (Å²) in [6.45, 7) is 1.60. The van der Waals surface area contributed by atoms with Gasteiger partial charge in [0.25, 0.3) is 5.91 Å². The second-order valence-electron chi connectivity index (χ2n) is 6.36. The molecule has 0 aliphatic carbocycles. The molecule has 0 saturated carbocycles. The van der Waals surface area contributed by atoms with Crippen LogP contribution in [0.1, 0.15) is 29.4 Å². The molecule has 1 aliphatic rings. The molecule has 0 bridgehead atoms. The number of rotatable bonds is 6. The monoisotopic (exact) mass is 388 g/mol. The number of carbonyl (C=O) groups excluding carboxylic acids is 2. The fraction of sp³-hybridized carbons (Fsp3) is 0.316. The molecule has 0 radical (unpaired) electrons. The van der Waals surface area contributed by atoms with Crippen LogP contribution in [0.15, 0.2) is 39.5 Å². The van der Waals surface area contributed by atoms with Gasteiger partial charge in [-0.3, -0.25) is 19.2 Å². The number of amides is 2. The number of carbonyl (C=O) groups is 2. The minimum absolute atomic E-state index is 0.0163. The third-order valence-electron chi connectivity index (χ3n) is 4.37. The van der Waals surface area contributed by atoms with E-state index in [9.17, 15) is 19.5 Å². The highest BCUT2D eigenvalue weighted by Crippen LogP contribution is 2.33. The molecule has 9 heteroatoms. The summed E-state index contributed by atoms with van der Waals surface area (Å²) < 4.78 is 10.7. The average molecular weight is 388 g/mol. The van der Waals surface area contributed by atoms with E-state index in [4.69, 9.17) is 14.0 Å². The smallest absolute Gasteiger partial charge is 0.268 e. The zero-order valence-corrected chi connectivity index (χ0v) is 15.4. The van der Waals surface area contributed by atoms with E-state index in [1.165, 1.54) is 13.2 Å². The Hall–Kier alpha value is -3.33. The van der Waals surface area contributed by atoms with Crippen molar-refractivity contribution >= 4 is 11.8 Å². The third-order valence-corrected chi connectivity index (χ3v) is 4.37. The number of aromatic hydroxyl groups is 1. The van der Waals surface area contributed by atoms with Gasteiger partial charge in [-0.05, 0) is 24.6 Å². The molecular formula is C19H20N2O7. The normalized spacial score (nSPS) is 17.1. The van der Waals surface area contributed by atoms with E-state index in [-0.39, 0.29) is 18.8 Å². The van der Waals surface area contributed by atoms with Gasteiger partial charge in [0.05, 0.1) is 13.0 Å². The molecule has 1 fully saturated rings. The zero-order chi connectivity index (χ0) is 20.3. The second-order valence-corrected chi connectivity index (χ2v) is 6.36. The van der Waals surface area contributed by atoms with Crippen LogP contribution in [0.3, 0.4) is 0 Å². The third kappa shape index (κ3) is 4.15. The molecule has 2 atom stereocenters. The Morgan fingerprint density at radius 1 is 1.36 bits per heavy atom. The summed E-state index contributed by atoms with van der Waals surface area (Å²) in [5, 5.41) is 12.8. The molecule has 2 amide bonds. The van der Waals surface area contributed by atoms with Crippen LogP contribution in [-0.2, 0) is 14.4 Å². The van der Waals surface area contributed by atoms with Crippen LogP contribution < -0.4 is 21.0 Å². The van der Waals surface area contributed by atoms with Crippen LogP contribution in [0.5, 0.6) is 11.5 Å². The number of hydrogen-bond donors (Lipinski definition) is 3. The zero-order valence-electron chi connectivity index (χ0n) is 15.4. The van der Waals surface area contributed by atoms with Crippen molar-refractivity contribution in [1.82, 2.24) is 10.8 Å². The van der Waals surface area contributed by atoms with Gasteiger partial charge in [0.15, 0.2) is 5.76 Å². The summed E-state index contributed by atoms with van der Waals surface area (Å²) in [5.74, 6) is -1.31. The van der Waals surface area contributed by atoms with Crippen molar-refractivity contribution in [2.24, 2.45) is 0 Å². The van der Waals surface area contributed by atoms with Gasteiger partial charge in [0, 0.05) is 12.5 Å². The molecule has 148 valence electrons. The van der Waals surface area contributed by atoms with Gasteiger partial charge < -0.3 is 19.6 Å². The van der Waals surface area contributed by atoms with E-state index in [2.05, 4.69) is 10.8 Å². The number of nitrogens with one attached hydrogen (secondary N) is 2. The summed E-state index contributed by atoms with van der Waals surface area (Å²) in [6, 6.07) is 7.19. The summed E-state index contributed by atoms with van der Waals surface area (Å²) in [7, 11) is 1.53. The summed E-state index contributed by atoms with van der Waals surface area (Å²) in [5.41, 5.74) is 2.20. The first-order valence-electron chi connectivity index (χ1n) is 8.57. The lowest BCUT2D eigenvalue weighted by atomic mass is 9.91. The predicted octanol–water partition coefficient (Wildman–Crippen LogP) is 0.731. The number of hydroxylamine groups is 1. The van der Waals surface area contributed by atoms with E-state index < -0.39 is 35.0 Å². The van der Waals surface area contributed by atoms with Crippen molar-refractivity contribution in [3.63, 3.8) is 0 Å². The molecule has 1 saturated heterocycles. The van der Waals surface area contributed by atoms with Crippen LogP contribution in [0, 0.1) is 6.92 Å². The van der Waals surface area contributed by atoms with E-state index >= 15 is 0 Å². The molecule has 2 aromatic rings. The topological polar surface area (TPSA) is 127 Å². The SMILES string of the molecule is COc1ccc(C(CC(=O)NC2CONC2=O)c2oc(C)cc(=O)c2O)cc1. The van der Waals surface area contributed by atoms with E-state index in [1.54, 1.807) is 31.2 Å². The lowest BCUT2D eigenvalue weighted by Crippen LogP contribution is -2.42. The van der Waals surface area contributed by atoms with Crippen molar-refractivity contribution in [3.05, 3.63) is 57.6 Å². The van der Waals surface area contributed by atoms with Crippen LogP contribution in [0.25, 0.3) is 0 Å². The summed E-state index contributed by atoms with van der Waals surface area (Å²) in [4.78, 5) is 40.9. The molecule has 1 aromatic heterocycles. The maximum absolute atomic E-state index is 12.5. The molecule has 2 unspecified atom stereocenters. The Bertz CT molecular complexity index is 936. The van der Waals surface area contributed by atoms with Crippen molar-refractivity contribution < 1.29 is 28.7 Å². The van der Waals surface area contributed by atoms with Gasteiger partial charge in [0.2, 0.25) is 17.1 Å². The molecule has 2 heterocycles. The molecular weight excluding hydrogens is 368 g/mol. The summed E-state index contributed by atoms with van der Waals surface area (Å²) in [6.07, 6.45) is -0.157. The lowest BCUT2D eigenvalue weighted by Gasteiger charge is -2.19. The number of ether oxygens (including phenoxy) is 1. The quantitative estimate of drug-likeness (QED) is 0.666. The van der Waals surface area contributed by atoms with Gasteiger partial charge >= 0.3 is 0 Å². The van der Waals surface area contributed by atoms with Gasteiger partial charge in [-0.15, -0.1) is 0 Å². The first-order chi connectivity index (χ1) is 13.4. The highest BCUT2D eigenvalue weighted by Gasteiger charge is 2.30. The molecule has 0 spiro atoms. The second kappa shape index (κ2) is 8.13. The average Bonchev–Trinajstić information content (AvgIpc) is 3.07. The van der Waals surface area contributed by atoms with Crippen LogP contribution in [0.4, 0.5) is 0 Å². The van der Waals surface area contributed by atoms with Crippen LogP contribution >= 0.6 is 0 Å². The maximum Gasteiger partial charge on any atom is 0.268 e. The fourth-order valence-corrected chi connectivity index (χ4v) is 2.95. The van der Waals surface area contributed by atoms with Gasteiger partial charge in [-0.1, -0.05) is 12.1 Å². The van der Waals surface area contributed by atoms with Crippen molar-refractivity contribution in [1.29, 1.82) is 0 Å². The van der Waals surface area contributed by atoms with Crippen molar-refractivity contribution in [2.45, 2.75) is 25.3 Å². The molecule has 3 rings (SSSR count). The van der Waals surface area contributed by atoms with Gasteiger partial charge in [0.1, 0.15) is 24.2 Å². The van der Waals surface area contributed by atoms with E-state index in [1.807, 2.05) is 0 Å². The van der Waals surface area contributed by atoms with Crippen LogP contribution in [0.2, 0.25) is 0 Å². The lowest BCUT2D eigenvalue weighted by molar-refractivity contribution is -0.128. The minimum Gasteiger partial charge on any atom is -0.502 e. The Balaban J connectivity index is 1.93. The molecule has 28 heavy (non-hydrogen) atoms. The molecule has 3 N–H and O–H groups in total. The Kier molecular flexibility index (Phi) is 5.65. The number of benzene rings is 1. The first kappa shape index (κ1) is 19.4. The van der Waals surface area contributed by atoms with E-state index in [0.717, 1.165) is 0 Å². The van der Waals surface area contributed by atoms with Crippen molar-refractivity contribution in [2.75, 3.05) is 13.7 Å².